The molecule has 2 atom stereocenters. The summed E-state index contributed by atoms with van der Waals surface area (Å²) < 4.78 is 56.4. The van der Waals surface area contributed by atoms with Crippen LogP contribution < -0.4 is 4.74 Å². The molecule has 246 valence electrons. The summed E-state index contributed by atoms with van der Waals surface area (Å²) in [5, 5.41) is 0. The lowest BCUT2D eigenvalue weighted by Gasteiger charge is -2.29. The number of benzene rings is 3. The summed E-state index contributed by atoms with van der Waals surface area (Å²) in [6.45, 7) is 5.70. The Bertz CT molecular complexity index is 1280. The molecule has 0 aromatic heterocycles. The van der Waals surface area contributed by atoms with E-state index in [1.165, 1.54) is 57.4 Å². The monoisotopic (exact) mass is 622 g/mol. The number of hydrogen-bond acceptors (Lipinski definition) is 2. The second-order valence-corrected chi connectivity index (χ2v) is 12.9. The lowest BCUT2D eigenvalue weighted by molar-refractivity contribution is -0.0232. The van der Waals surface area contributed by atoms with Crippen LogP contribution >= 0.6 is 0 Å². The zero-order chi connectivity index (χ0) is 31.9. The molecule has 1 fully saturated rings. The molecule has 2 unspecified atom stereocenters. The Balaban J connectivity index is 1.23. The average Bonchev–Trinajstić information content (AvgIpc) is 3.06. The fourth-order valence-corrected chi connectivity index (χ4v) is 6.39. The van der Waals surface area contributed by atoms with Crippen molar-refractivity contribution in [2.24, 2.45) is 5.92 Å². The van der Waals surface area contributed by atoms with E-state index < -0.39 is 11.6 Å². The predicted octanol–water partition coefficient (Wildman–Crippen LogP) is 12.3. The first kappa shape index (κ1) is 35.1. The van der Waals surface area contributed by atoms with Crippen molar-refractivity contribution in [3.8, 4) is 28.0 Å². The van der Waals surface area contributed by atoms with Gasteiger partial charge < -0.3 is 9.47 Å². The first-order valence-corrected chi connectivity index (χ1v) is 17.6. The van der Waals surface area contributed by atoms with Crippen LogP contribution in [0, 0.1) is 23.4 Å². The first-order valence-electron chi connectivity index (χ1n) is 17.6. The molecule has 0 amide bonds. The molecule has 0 aliphatic carbocycles. The molecule has 5 heteroatoms. The number of hydrogen-bond donors (Lipinski definition) is 0. The molecule has 1 aliphatic rings. The van der Waals surface area contributed by atoms with E-state index in [0.717, 1.165) is 74.2 Å². The van der Waals surface area contributed by atoms with Gasteiger partial charge in [-0.3, -0.25) is 0 Å². The summed E-state index contributed by atoms with van der Waals surface area (Å²) in [5.41, 5.74) is 3.05. The van der Waals surface area contributed by atoms with E-state index in [1.807, 2.05) is 24.3 Å². The van der Waals surface area contributed by atoms with Crippen LogP contribution in [-0.4, -0.2) is 19.3 Å². The molecule has 3 aromatic rings. The fourth-order valence-electron chi connectivity index (χ4n) is 6.39. The van der Waals surface area contributed by atoms with E-state index in [0.29, 0.717) is 24.7 Å². The van der Waals surface area contributed by atoms with Crippen molar-refractivity contribution in [3.05, 3.63) is 77.6 Å². The number of unbranched alkanes of at least 4 members (excludes halogenated alkanes) is 8. The maximum atomic E-state index is 15.0. The van der Waals surface area contributed by atoms with Crippen LogP contribution in [0.5, 0.6) is 5.75 Å². The van der Waals surface area contributed by atoms with Gasteiger partial charge in [-0.25, -0.2) is 8.78 Å². The highest BCUT2D eigenvalue weighted by Crippen LogP contribution is 2.32. The summed E-state index contributed by atoms with van der Waals surface area (Å²) in [5.74, 6) is -1.40. The maximum Gasteiger partial charge on any atom is 0.201 e. The van der Waals surface area contributed by atoms with Crippen molar-refractivity contribution < 1.29 is 22.6 Å². The second-order valence-electron chi connectivity index (χ2n) is 12.9. The van der Waals surface area contributed by atoms with Gasteiger partial charge in [0, 0.05) is 12.2 Å². The summed E-state index contributed by atoms with van der Waals surface area (Å²) in [4.78, 5) is 0. The lowest BCUT2D eigenvalue weighted by atomic mass is 9.91. The standard InChI is InChI=1S/C40H53F3O2/c1-3-5-7-8-9-13-27-44-38-26-25-36(39(42)40(38)43)32-20-18-31(19-21-32)34-23-22-33(37(41)28-34)15-11-12-16-35-24-17-30(29-45-35)14-10-6-4-2/h18-23,25-26,28,30,35H,3-17,24,27,29H2,1-2H3. The van der Waals surface area contributed by atoms with Gasteiger partial charge in [-0.1, -0.05) is 108 Å². The number of rotatable bonds is 19. The summed E-state index contributed by atoms with van der Waals surface area (Å²) in [6.07, 6.45) is 18.3. The van der Waals surface area contributed by atoms with Crippen LogP contribution in [0.3, 0.4) is 0 Å². The molecule has 0 N–H and O–H groups in total. The maximum absolute atomic E-state index is 15.0. The lowest BCUT2D eigenvalue weighted by Crippen LogP contribution is -2.25. The smallest absolute Gasteiger partial charge is 0.201 e. The van der Waals surface area contributed by atoms with E-state index >= 15 is 4.39 Å². The Kier molecular flexibility index (Phi) is 14.8. The van der Waals surface area contributed by atoms with Crippen LogP contribution in [0.15, 0.2) is 54.6 Å². The van der Waals surface area contributed by atoms with Crippen LogP contribution in [0.1, 0.15) is 116 Å². The third-order valence-electron chi connectivity index (χ3n) is 9.29. The van der Waals surface area contributed by atoms with Gasteiger partial charge in [0.2, 0.25) is 5.82 Å². The molecule has 1 heterocycles. The van der Waals surface area contributed by atoms with Crippen LogP contribution in [0.25, 0.3) is 22.3 Å². The Hall–Kier alpha value is -2.79. The van der Waals surface area contributed by atoms with Gasteiger partial charge in [-0.15, -0.1) is 0 Å². The van der Waals surface area contributed by atoms with Crippen molar-refractivity contribution in [1.29, 1.82) is 0 Å². The SMILES string of the molecule is CCCCCCCCOc1ccc(-c2ccc(-c3ccc(CCCCC4CCC(CCCCC)CO4)c(F)c3)cc2)c(F)c1F. The van der Waals surface area contributed by atoms with Crippen LogP contribution in [-0.2, 0) is 11.2 Å². The quantitative estimate of drug-likeness (QED) is 0.124. The third kappa shape index (κ3) is 10.9. The van der Waals surface area contributed by atoms with Gasteiger partial charge in [-0.2, -0.15) is 4.39 Å². The number of ether oxygens (including phenoxy) is 2. The minimum absolute atomic E-state index is 0.0504. The predicted molar refractivity (Wildman–Crippen MR) is 180 cm³/mol. The molecule has 0 bridgehead atoms. The molecule has 45 heavy (non-hydrogen) atoms. The molecular weight excluding hydrogens is 569 g/mol. The normalized spacial score (nSPS) is 16.6. The van der Waals surface area contributed by atoms with Crippen molar-refractivity contribution in [2.45, 2.75) is 123 Å². The molecule has 1 saturated heterocycles. The average molecular weight is 623 g/mol. The topological polar surface area (TPSA) is 18.5 Å². The van der Waals surface area contributed by atoms with E-state index in [4.69, 9.17) is 9.47 Å². The molecule has 0 spiro atoms. The Labute approximate surface area is 269 Å². The number of aryl methyl sites for hydroxylation is 1. The molecule has 1 aliphatic heterocycles. The molecule has 2 nitrogen and oxygen atoms in total. The van der Waals surface area contributed by atoms with Gasteiger partial charge in [-0.05, 0) is 91.3 Å². The summed E-state index contributed by atoms with van der Waals surface area (Å²) in [7, 11) is 0. The Morgan fingerprint density at radius 2 is 1.36 bits per heavy atom. The highest BCUT2D eigenvalue weighted by atomic mass is 19.2. The van der Waals surface area contributed by atoms with E-state index in [-0.39, 0.29) is 17.1 Å². The van der Waals surface area contributed by atoms with Crippen molar-refractivity contribution in [1.82, 2.24) is 0 Å². The van der Waals surface area contributed by atoms with Crippen molar-refractivity contribution in [3.63, 3.8) is 0 Å². The number of halogens is 3. The van der Waals surface area contributed by atoms with Crippen molar-refractivity contribution in [2.75, 3.05) is 13.2 Å². The van der Waals surface area contributed by atoms with Gasteiger partial charge in [0.05, 0.1) is 12.7 Å². The van der Waals surface area contributed by atoms with Gasteiger partial charge >= 0.3 is 0 Å². The highest BCUT2D eigenvalue weighted by Gasteiger charge is 2.21. The third-order valence-corrected chi connectivity index (χ3v) is 9.29. The minimum Gasteiger partial charge on any atom is -0.490 e. The molecule has 4 rings (SSSR count). The first-order chi connectivity index (χ1) is 22.0. The van der Waals surface area contributed by atoms with Gasteiger partial charge in [0.15, 0.2) is 11.6 Å². The van der Waals surface area contributed by atoms with Gasteiger partial charge in [0.1, 0.15) is 5.82 Å². The largest absolute Gasteiger partial charge is 0.490 e. The summed E-state index contributed by atoms with van der Waals surface area (Å²) in [6, 6.07) is 15.6. The van der Waals surface area contributed by atoms with E-state index in [2.05, 4.69) is 13.8 Å². The van der Waals surface area contributed by atoms with Gasteiger partial charge in [0.25, 0.3) is 0 Å². The van der Waals surface area contributed by atoms with E-state index in [9.17, 15) is 8.78 Å². The fraction of sp³-hybridized carbons (Fsp3) is 0.550. The zero-order valence-corrected chi connectivity index (χ0v) is 27.5. The zero-order valence-electron chi connectivity index (χ0n) is 27.5. The molecule has 0 saturated carbocycles. The van der Waals surface area contributed by atoms with Crippen molar-refractivity contribution >= 4 is 0 Å². The second kappa shape index (κ2) is 19.0. The van der Waals surface area contributed by atoms with Crippen LogP contribution in [0.2, 0.25) is 0 Å². The highest BCUT2D eigenvalue weighted by molar-refractivity contribution is 5.71. The summed E-state index contributed by atoms with van der Waals surface area (Å²) >= 11 is 0. The Morgan fingerprint density at radius 1 is 0.667 bits per heavy atom. The Morgan fingerprint density at radius 3 is 2.09 bits per heavy atom. The molecular formula is C40H53F3O2. The van der Waals surface area contributed by atoms with E-state index in [1.54, 1.807) is 24.3 Å². The minimum atomic E-state index is -0.960. The molecule has 0 radical (unpaired) electrons. The van der Waals surface area contributed by atoms with Crippen LogP contribution in [0.4, 0.5) is 13.2 Å². The molecule has 3 aromatic carbocycles.